The van der Waals surface area contributed by atoms with Crippen LogP contribution in [0.1, 0.15) is 12.8 Å². The Morgan fingerprint density at radius 3 is 3.08 bits per heavy atom. The lowest BCUT2D eigenvalue weighted by molar-refractivity contribution is 0.179. The van der Waals surface area contributed by atoms with Crippen molar-refractivity contribution >= 4 is 28.6 Å². The van der Waals surface area contributed by atoms with E-state index < -0.39 is 0 Å². The zero-order valence-electron chi connectivity index (χ0n) is 12.8. The van der Waals surface area contributed by atoms with Crippen LogP contribution in [0.25, 0.3) is 11.0 Å². The van der Waals surface area contributed by atoms with Crippen LogP contribution in [0, 0.1) is 0 Å². The minimum Gasteiger partial charge on any atom is -0.487 e. The highest BCUT2D eigenvalue weighted by atomic mass is 35.5. The molecule has 1 fully saturated rings. The Bertz CT molecular complexity index is 922. The summed E-state index contributed by atoms with van der Waals surface area (Å²) in [6, 6.07) is 7.43. The van der Waals surface area contributed by atoms with E-state index in [-0.39, 0.29) is 11.7 Å². The van der Waals surface area contributed by atoms with Gasteiger partial charge in [-0.25, -0.2) is 0 Å². The van der Waals surface area contributed by atoms with E-state index in [1.807, 2.05) is 29.2 Å². The molecule has 7 nitrogen and oxygen atoms in total. The van der Waals surface area contributed by atoms with Gasteiger partial charge in [-0.15, -0.1) is 0 Å². The molecule has 1 aliphatic rings. The van der Waals surface area contributed by atoms with Crippen LogP contribution in [0.3, 0.4) is 0 Å². The van der Waals surface area contributed by atoms with Crippen LogP contribution in [-0.4, -0.2) is 39.4 Å². The number of halogens is 1. The number of nitrogens with zero attached hydrogens (tertiary/aromatic N) is 3. The molecular formula is C16H16ClN5O2. The van der Waals surface area contributed by atoms with E-state index in [1.54, 1.807) is 0 Å². The summed E-state index contributed by atoms with van der Waals surface area (Å²) in [5.74, 6) is 1.21. The highest BCUT2D eigenvalue weighted by Gasteiger charge is 2.24. The summed E-state index contributed by atoms with van der Waals surface area (Å²) in [6.45, 7) is 1.44. The van der Waals surface area contributed by atoms with Crippen molar-refractivity contribution in [2.24, 2.45) is 0 Å². The molecule has 2 N–H and O–H groups in total. The van der Waals surface area contributed by atoms with Gasteiger partial charge in [-0.2, -0.15) is 10.1 Å². The van der Waals surface area contributed by atoms with E-state index in [9.17, 15) is 4.79 Å². The topological polar surface area (TPSA) is 86.9 Å². The Kier molecular flexibility index (Phi) is 3.86. The molecule has 1 aliphatic heterocycles. The average molecular weight is 346 g/mol. The van der Waals surface area contributed by atoms with Gasteiger partial charge >= 0.3 is 0 Å². The fourth-order valence-electron chi connectivity index (χ4n) is 2.93. The van der Waals surface area contributed by atoms with E-state index in [1.165, 1.54) is 6.20 Å². The Morgan fingerprint density at radius 1 is 1.33 bits per heavy atom. The number of rotatable bonds is 3. The van der Waals surface area contributed by atoms with E-state index in [0.29, 0.717) is 34.3 Å². The number of H-pyrrole nitrogens is 2. The number of aromatic amines is 2. The maximum absolute atomic E-state index is 12.1. The van der Waals surface area contributed by atoms with Gasteiger partial charge in [-0.1, -0.05) is 23.7 Å². The Hall–Kier alpha value is -2.54. The summed E-state index contributed by atoms with van der Waals surface area (Å²) >= 11 is 6.16. The van der Waals surface area contributed by atoms with Crippen LogP contribution < -0.4 is 15.2 Å². The lowest BCUT2D eigenvalue weighted by Gasteiger charge is -2.33. The number of benzene rings is 1. The van der Waals surface area contributed by atoms with E-state index in [0.717, 1.165) is 19.4 Å². The molecule has 24 heavy (non-hydrogen) atoms. The molecule has 0 bridgehead atoms. The van der Waals surface area contributed by atoms with Gasteiger partial charge in [-0.3, -0.25) is 14.9 Å². The molecule has 0 aliphatic carbocycles. The fraction of sp³-hybridized carbons (Fsp3) is 0.312. The van der Waals surface area contributed by atoms with Crippen molar-refractivity contribution in [3.63, 3.8) is 0 Å². The first-order valence-electron chi connectivity index (χ1n) is 7.80. The summed E-state index contributed by atoms with van der Waals surface area (Å²) in [6.07, 6.45) is 3.34. The predicted octanol–water partition coefficient (Wildman–Crippen LogP) is 2.35. The molecule has 2 aromatic heterocycles. The summed E-state index contributed by atoms with van der Waals surface area (Å²) in [5, 5.41) is 7.66. The fourth-order valence-corrected chi connectivity index (χ4v) is 3.11. The third-order valence-corrected chi connectivity index (χ3v) is 4.43. The molecule has 0 radical (unpaired) electrons. The SMILES string of the molecule is O=c1[nH]c(N2CCC[C@@H](Oc3ccccc3Cl)C2)nc2[nH]ncc12. The minimum atomic E-state index is -0.196. The molecule has 1 aromatic carbocycles. The zero-order chi connectivity index (χ0) is 16.5. The van der Waals surface area contributed by atoms with Gasteiger partial charge in [0, 0.05) is 6.54 Å². The molecule has 3 aromatic rings. The number of ether oxygens (including phenoxy) is 1. The van der Waals surface area contributed by atoms with Gasteiger partial charge in [0.1, 0.15) is 17.2 Å². The Morgan fingerprint density at radius 2 is 2.21 bits per heavy atom. The zero-order valence-corrected chi connectivity index (χ0v) is 13.6. The van der Waals surface area contributed by atoms with Crippen LogP contribution in [-0.2, 0) is 0 Å². The van der Waals surface area contributed by atoms with Crippen molar-refractivity contribution < 1.29 is 4.74 Å². The molecule has 4 rings (SSSR count). The van der Waals surface area contributed by atoms with Crippen LogP contribution >= 0.6 is 11.6 Å². The molecule has 0 amide bonds. The third kappa shape index (κ3) is 2.82. The lowest BCUT2D eigenvalue weighted by Crippen LogP contribution is -2.42. The molecule has 0 spiro atoms. The van der Waals surface area contributed by atoms with Crippen molar-refractivity contribution in [3.8, 4) is 5.75 Å². The number of aromatic nitrogens is 4. The Labute approximate surface area is 142 Å². The van der Waals surface area contributed by atoms with Crippen molar-refractivity contribution in [1.82, 2.24) is 20.2 Å². The van der Waals surface area contributed by atoms with Crippen LogP contribution in [0.4, 0.5) is 5.95 Å². The smallest absolute Gasteiger partial charge is 0.263 e. The number of piperidine rings is 1. The van der Waals surface area contributed by atoms with E-state index >= 15 is 0 Å². The normalized spacial score (nSPS) is 18.0. The molecule has 1 saturated heterocycles. The Balaban J connectivity index is 1.55. The highest BCUT2D eigenvalue weighted by Crippen LogP contribution is 2.27. The first-order chi connectivity index (χ1) is 11.7. The lowest BCUT2D eigenvalue weighted by atomic mass is 10.1. The number of anilines is 1. The van der Waals surface area contributed by atoms with Crippen molar-refractivity contribution in [1.29, 1.82) is 0 Å². The number of fused-ring (bicyclic) bond motifs is 1. The van der Waals surface area contributed by atoms with E-state index in [2.05, 4.69) is 20.2 Å². The van der Waals surface area contributed by atoms with Gasteiger partial charge in [-0.05, 0) is 25.0 Å². The third-order valence-electron chi connectivity index (χ3n) is 4.11. The molecule has 1 atom stereocenters. The summed E-state index contributed by atoms with van der Waals surface area (Å²) in [7, 11) is 0. The second kappa shape index (κ2) is 6.16. The quantitative estimate of drug-likeness (QED) is 0.761. The maximum Gasteiger partial charge on any atom is 0.263 e. The average Bonchev–Trinajstić information content (AvgIpc) is 3.06. The van der Waals surface area contributed by atoms with Crippen LogP contribution in [0.15, 0.2) is 35.3 Å². The first kappa shape index (κ1) is 15.0. The van der Waals surface area contributed by atoms with Crippen LogP contribution in [0.2, 0.25) is 5.02 Å². The molecule has 3 heterocycles. The monoisotopic (exact) mass is 345 g/mol. The second-order valence-corrected chi connectivity index (χ2v) is 6.19. The molecule has 124 valence electrons. The second-order valence-electron chi connectivity index (χ2n) is 5.78. The largest absolute Gasteiger partial charge is 0.487 e. The molecule has 8 heteroatoms. The number of hydrogen-bond acceptors (Lipinski definition) is 5. The van der Waals surface area contributed by atoms with Crippen molar-refractivity contribution in [2.45, 2.75) is 18.9 Å². The summed E-state index contributed by atoms with van der Waals surface area (Å²) < 4.78 is 6.03. The standard InChI is InChI=1S/C16H16ClN5O2/c17-12-5-1-2-6-13(12)24-10-4-3-7-22(9-10)16-19-14-11(8-18-21-14)15(23)20-16/h1-2,5-6,8,10H,3-4,7,9H2,(H2,18,19,20,21,23)/t10-/m1/s1. The van der Waals surface area contributed by atoms with Crippen LogP contribution in [0.5, 0.6) is 5.75 Å². The van der Waals surface area contributed by atoms with Gasteiger partial charge in [0.05, 0.1) is 17.8 Å². The molecule has 0 unspecified atom stereocenters. The van der Waals surface area contributed by atoms with Gasteiger partial charge in [0.2, 0.25) is 5.95 Å². The van der Waals surface area contributed by atoms with Gasteiger partial charge < -0.3 is 9.64 Å². The van der Waals surface area contributed by atoms with Gasteiger partial charge in [0.15, 0.2) is 5.65 Å². The highest BCUT2D eigenvalue weighted by molar-refractivity contribution is 6.32. The number of para-hydroxylation sites is 1. The first-order valence-corrected chi connectivity index (χ1v) is 8.18. The van der Waals surface area contributed by atoms with E-state index in [4.69, 9.17) is 16.3 Å². The molecule has 0 saturated carbocycles. The van der Waals surface area contributed by atoms with Crippen molar-refractivity contribution in [3.05, 3.63) is 45.8 Å². The maximum atomic E-state index is 12.1. The predicted molar refractivity (Wildman–Crippen MR) is 91.8 cm³/mol. The number of hydrogen-bond donors (Lipinski definition) is 2. The summed E-state index contributed by atoms with van der Waals surface area (Å²) in [4.78, 5) is 21.4. The molecular weight excluding hydrogens is 330 g/mol. The van der Waals surface area contributed by atoms with Crippen molar-refractivity contribution in [2.75, 3.05) is 18.0 Å². The minimum absolute atomic E-state index is 0.0126. The number of nitrogens with one attached hydrogen (secondary N) is 2. The summed E-state index contributed by atoms with van der Waals surface area (Å²) in [5.41, 5.74) is 0.292. The van der Waals surface area contributed by atoms with Gasteiger partial charge in [0.25, 0.3) is 5.56 Å².